The van der Waals surface area contributed by atoms with Gasteiger partial charge >= 0.3 is 0 Å². The molecule has 2 amide bonds. The van der Waals surface area contributed by atoms with E-state index in [1.165, 1.54) is 0 Å². The number of nitrogens with one attached hydrogen (secondary N) is 1. The van der Waals surface area contributed by atoms with Crippen LogP contribution in [0.15, 0.2) is 0 Å². The molecule has 1 rings (SSSR count). The van der Waals surface area contributed by atoms with Crippen molar-refractivity contribution in [3.8, 4) is 0 Å². The number of carbonyl (C=O) groups is 2. The Labute approximate surface area is 115 Å². The van der Waals surface area contributed by atoms with E-state index in [4.69, 9.17) is 10.5 Å². The number of unbranched alkanes of at least 4 members (excludes halogenated alkanes) is 4. The van der Waals surface area contributed by atoms with Gasteiger partial charge in [-0.3, -0.25) is 9.59 Å². The minimum Gasteiger partial charge on any atom is -0.376 e. The molecular weight excluding hydrogens is 244 g/mol. The molecule has 1 atom stereocenters. The first kappa shape index (κ1) is 16.0. The SMILES string of the molecule is NC(=O)CCCCCCCC(=O)NC[C@H]1CCCO1. The molecular formula is C14H26N2O3. The Morgan fingerprint density at radius 3 is 2.42 bits per heavy atom. The summed E-state index contributed by atoms with van der Waals surface area (Å²) in [6, 6.07) is 0. The molecule has 1 saturated heterocycles. The van der Waals surface area contributed by atoms with Crippen molar-refractivity contribution in [3.63, 3.8) is 0 Å². The van der Waals surface area contributed by atoms with Crippen LogP contribution in [0, 0.1) is 0 Å². The van der Waals surface area contributed by atoms with Crippen LogP contribution in [-0.4, -0.2) is 31.1 Å². The number of hydrogen-bond acceptors (Lipinski definition) is 3. The molecule has 5 nitrogen and oxygen atoms in total. The van der Waals surface area contributed by atoms with Gasteiger partial charge in [-0.15, -0.1) is 0 Å². The first-order chi connectivity index (χ1) is 9.18. The summed E-state index contributed by atoms with van der Waals surface area (Å²) in [5, 5.41) is 2.92. The second kappa shape index (κ2) is 9.78. The lowest BCUT2D eigenvalue weighted by molar-refractivity contribution is -0.121. The molecule has 3 N–H and O–H groups in total. The van der Waals surface area contributed by atoms with Gasteiger partial charge in [-0.25, -0.2) is 0 Å². The van der Waals surface area contributed by atoms with Crippen LogP contribution in [0.3, 0.4) is 0 Å². The van der Waals surface area contributed by atoms with Gasteiger partial charge in [0.15, 0.2) is 0 Å². The molecule has 0 radical (unpaired) electrons. The Bertz CT molecular complexity index is 276. The highest BCUT2D eigenvalue weighted by Crippen LogP contribution is 2.11. The van der Waals surface area contributed by atoms with E-state index in [1.807, 2.05) is 0 Å². The number of rotatable bonds is 10. The van der Waals surface area contributed by atoms with Gasteiger partial charge in [0.1, 0.15) is 0 Å². The van der Waals surface area contributed by atoms with Crippen LogP contribution in [0.2, 0.25) is 0 Å². The number of ether oxygens (including phenoxy) is 1. The summed E-state index contributed by atoms with van der Waals surface area (Å²) in [5.41, 5.74) is 5.06. The first-order valence-corrected chi connectivity index (χ1v) is 7.35. The van der Waals surface area contributed by atoms with E-state index in [1.54, 1.807) is 0 Å². The van der Waals surface area contributed by atoms with Gasteiger partial charge in [0.2, 0.25) is 11.8 Å². The maximum atomic E-state index is 11.6. The van der Waals surface area contributed by atoms with Crippen molar-refractivity contribution in [1.82, 2.24) is 5.32 Å². The fourth-order valence-corrected chi connectivity index (χ4v) is 2.24. The van der Waals surface area contributed by atoms with Crippen LogP contribution in [-0.2, 0) is 14.3 Å². The fraction of sp³-hybridized carbons (Fsp3) is 0.857. The van der Waals surface area contributed by atoms with Gasteiger partial charge in [0.25, 0.3) is 0 Å². The Morgan fingerprint density at radius 1 is 1.11 bits per heavy atom. The molecule has 1 aliphatic heterocycles. The molecule has 1 heterocycles. The largest absolute Gasteiger partial charge is 0.376 e. The molecule has 0 saturated carbocycles. The lowest BCUT2D eigenvalue weighted by Gasteiger charge is -2.10. The van der Waals surface area contributed by atoms with E-state index in [0.717, 1.165) is 51.6 Å². The average Bonchev–Trinajstić information content (AvgIpc) is 2.88. The highest BCUT2D eigenvalue weighted by molar-refractivity contribution is 5.75. The third-order valence-electron chi connectivity index (χ3n) is 3.38. The molecule has 0 bridgehead atoms. The Morgan fingerprint density at radius 2 is 1.79 bits per heavy atom. The van der Waals surface area contributed by atoms with Gasteiger partial charge in [0, 0.05) is 26.0 Å². The third kappa shape index (κ3) is 8.59. The van der Waals surface area contributed by atoms with Crippen molar-refractivity contribution in [2.24, 2.45) is 5.73 Å². The Balaban J connectivity index is 1.85. The topological polar surface area (TPSA) is 81.4 Å². The number of hydrogen-bond donors (Lipinski definition) is 2. The van der Waals surface area contributed by atoms with E-state index < -0.39 is 0 Å². The summed E-state index contributed by atoms with van der Waals surface area (Å²) >= 11 is 0. The zero-order chi connectivity index (χ0) is 13.9. The summed E-state index contributed by atoms with van der Waals surface area (Å²) < 4.78 is 5.44. The molecule has 0 spiro atoms. The van der Waals surface area contributed by atoms with Crippen molar-refractivity contribution in [3.05, 3.63) is 0 Å². The summed E-state index contributed by atoms with van der Waals surface area (Å²) in [6.07, 6.45) is 8.32. The molecule has 5 heteroatoms. The van der Waals surface area contributed by atoms with E-state index in [9.17, 15) is 9.59 Å². The molecule has 1 fully saturated rings. The van der Waals surface area contributed by atoms with E-state index in [-0.39, 0.29) is 17.9 Å². The minimum atomic E-state index is -0.228. The van der Waals surface area contributed by atoms with Gasteiger partial charge in [-0.05, 0) is 25.7 Å². The van der Waals surface area contributed by atoms with Crippen LogP contribution in [0.1, 0.15) is 57.8 Å². The molecule has 0 aromatic heterocycles. The van der Waals surface area contributed by atoms with Crippen LogP contribution < -0.4 is 11.1 Å². The zero-order valence-corrected chi connectivity index (χ0v) is 11.7. The molecule has 0 aromatic carbocycles. The third-order valence-corrected chi connectivity index (χ3v) is 3.38. The number of primary amides is 1. The van der Waals surface area contributed by atoms with Crippen LogP contribution in [0.4, 0.5) is 0 Å². The number of amides is 2. The first-order valence-electron chi connectivity index (χ1n) is 7.35. The summed E-state index contributed by atoms with van der Waals surface area (Å²) in [4.78, 5) is 22.1. The van der Waals surface area contributed by atoms with Gasteiger partial charge in [-0.1, -0.05) is 19.3 Å². The summed E-state index contributed by atoms with van der Waals surface area (Å²) in [7, 11) is 0. The summed E-state index contributed by atoms with van der Waals surface area (Å²) in [5.74, 6) is -0.110. The monoisotopic (exact) mass is 270 g/mol. The second-order valence-corrected chi connectivity index (χ2v) is 5.17. The minimum absolute atomic E-state index is 0.118. The molecule has 0 aromatic rings. The van der Waals surface area contributed by atoms with Crippen LogP contribution in [0.25, 0.3) is 0 Å². The molecule has 1 aliphatic rings. The lowest BCUT2D eigenvalue weighted by atomic mass is 10.1. The van der Waals surface area contributed by atoms with Crippen molar-refractivity contribution in [2.45, 2.75) is 63.9 Å². The van der Waals surface area contributed by atoms with E-state index in [0.29, 0.717) is 19.4 Å². The Hall–Kier alpha value is -1.10. The highest BCUT2D eigenvalue weighted by atomic mass is 16.5. The van der Waals surface area contributed by atoms with Crippen LogP contribution in [0.5, 0.6) is 0 Å². The van der Waals surface area contributed by atoms with E-state index >= 15 is 0 Å². The standard InChI is InChI=1S/C14H26N2O3/c15-13(17)8-4-2-1-3-5-9-14(18)16-11-12-7-6-10-19-12/h12H,1-11H2,(H2,15,17)(H,16,18)/t12-/m1/s1. The predicted molar refractivity (Wildman–Crippen MR) is 73.5 cm³/mol. The van der Waals surface area contributed by atoms with Gasteiger partial charge in [-0.2, -0.15) is 0 Å². The van der Waals surface area contributed by atoms with Crippen molar-refractivity contribution >= 4 is 11.8 Å². The second-order valence-electron chi connectivity index (χ2n) is 5.17. The van der Waals surface area contributed by atoms with Gasteiger partial charge < -0.3 is 15.8 Å². The molecule has 0 unspecified atom stereocenters. The zero-order valence-electron chi connectivity index (χ0n) is 11.7. The number of nitrogens with two attached hydrogens (primary N) is 1. The van der Waals surface area contributed by atoms with E-state index in [2.05, 4.69) is 5.32 Å². The molecule has 110 valence electrons. The highest BCUT2D eigenvalue weighted by Gasteiger charge is 2.15. The Kier molecular flexibility index (Phi) is 8.21. The average molecular weight is 270 g/mol. The smallest absolute Gasteiger partial charge is 0.220 e. The number of carbonyl (C=O) groups excluding carboxylic acids is 2. The van der Waals surface area contributed by atoms with Crippen LogP contribution >= 0.6 is 0 Å². The van der Waals surface area contributed by atoms with Crippen molar-refractivity contribution < 1.29 is 14.3 Å². The van der Waals surface area contributed by atoms with Crippen molar-refractivity contribution in [1.29, 1.82) is 0 Å². The van der Waals surface area contributed by atoms with Gasteiger partial charge in [0.05, 0.1) is 6.10 Å². The lowest BCUT2D eigenvalue weighted by Crippen LogP contribution is -2.31. The van der Waals surface area contributed by atoms with Crippen molar-refractivity contribution in [2.75, 3.05) is 13.2 Å². The molecule has 0 aliphatic carbocycles. The summed E-state index contributed by atoms with van der Waals surface area (Å²) in [6.45, 7) is 1.48. The quantitative estimate of drug-likeness (QED) is 0.590. The predicted octanol–water partition coefficient (Wildman–Crippen LogP) is 1.50. The molecule has 19 heavy (non-hydrogen) atoms. The maximum Gasteiger partial charge on any atom is 0.220 e. The normalized spacial score (nSPS) is 18.4. The fourth-order valence-electron chi connectivity index (χ4n) is 2.24. The maximum absolute atomic E-state index is 11.6.